The molecule has 0 fully saturated rings. The number of ether oxygens (including phenoxy) is 1. The lowest BCUT2D eigenvalue weighted by Gasteiger charge is -2.09. The van der Waals surface area contributed by atoms with Crippen molar-refractivity contribution in [2.45, 2.75) is 13.5 Å². The molecule has 0 heterocycles. The molecule has 9 nitrogen and oxygen atoms in total. The summed E-state index contributed by atoms with van der Waals surface area (Å²) in [4.78, 5) is 33.8. The Bertz CT molecular complexity index is 1160. The van der Waals surface area contributed by atoms with E-state index in [0.717, 1.165) is 5.56 Å². The molecule has 0 saturated heterocycles. The molecule has 0 spiro atoms. The predicted octanol–water partition coefficient (Wildman–Crippen LogP) is 3.90. The Morgan fingerprint density at radius 1 is 1.06 bits per heavy atom. The molecule has 32 heavy (non-hydrogen) atoms. The lowest BCUT2D eigenvalue weighted by atomic mass is 10.2. The van der Waals surface area contributed by atoms with Crippen LogP contribution in [0.4, 0.5) is 11.4 Å². The molecule has 3 aromatic carbocycles. The average molecular weight is 432 g/mol. The van der Waals surface area contributed by atoms with Gasteiger partial charge in [0.15, 0.2) is 0 Å². The number of hydrazone groups is 1. The fourth-order valence-electron chi connectivity index (χ4n) is 2.76. The number of hydrogen-bond donors (Lipinski definition) is 2. The van der Waals surface area contributed by atoms with Gasteiger partial charge in [-0.2, -0.15) is 5.10 Å². The Balaban J connectivity index is 1.62. The van der Waals surface area contributed by atoms with E-state index in [4.69, 9.17) is 4.74 Å². The van der Waals surface area contributed by atoms with Crippen molar-refractivity contribution in [3.8, 4) is 5.75 Å². The van der Waals surface area contributed by atoms with E-state index >= 15 is 0 Å². The third-order valence-corrected chi connectivity index (χ3v) is 4.28. The van der Waals surface area contributed by atoms with Crippen LogP contribution in [-0.4, -0.2) is 23.0 Å². The highest BCUT2D eigenvalue weighted by Gasteiger charge is 2.07. The monoisotopic (exact) mass is 432 g/mol. The van der Waals surface area contributed by atoms with Crippen molar-refractivity contribution in [2.75, 3.05) is 5.32 Å². The quantitative estimate of drug-likeness (QED) is 0.317. The second-order valence-electron chi connectivity index (χ2n) is 6.71. The molecule has 0 radical (unpaired) electrons. The molecule has 0 aliphatic carbocycles. The zero-order valence-corrected chi connectivity index (χ0v) is 17.1. The van der Waals surface area contributed by atoms with Gasteiger partial charge in [0.1, 0.15) is 12.4 Å². The van der Waals surface area contributed by atoms with Crippen molar-refractivity contribution in [2.24, 2.45) is 5.10 Å². The third-order valence-electron chi connectivity index (χ3n) is 4.28. The number of non-ortho nitro benzene ring substituents is 1. The van der Waals surface area contributed by atoms with Crippen LogP contribution in [0.3, 0.4) is 0 Å². The Kier molecular flexibility index (Phi) is 7.26. The SMILES string of the molecule is CC(=O)Nc1cccc(C(=O)N/N=C\c2ccccc2OCc2ccc([N+](=O)[O-])cc2)c1. The Labute approximate surface area is 183 Å². The molecule has 0 atom stereocenters. The minimum absolute atomic E-state index is 0.0136. The lowest BCUT2D eigenvalue weighted by Crippen LogP contribution is -2.18. The number of anilines is 1. The van der Waals surface area contributed by atoms with E-state index in [9.17, 15) is 19.7 Å². The number of nitro benzene ring substituents is 1. The summed E-state index contributed by atoms with van der Waals surface area (Å²) in [6, 6.07) is 19.7. The highest BCUT2D eigenvalue weighted by atomic mass is 16.6. The van der Waals surface area contributed by atoms with E-state index in [1.807, 2.05) is 0 Å². The van der Waals surface area contributed by atoms with E-state index in [1.165, 1.54) is 25.3 Å². The van der Waals surface area contributed by atoms with Crippen LogP contribution < -0.4 is 15.5 Å². The van der Waals surface area contributed by atoms with Crippen LogP contribution in [0.5, 0.6) is 5.75 Å². The van der Waals surface area contributed by atoms with Crippen molar-refractivity contribution in [3.05, 3.63) is 99.6 Å². The van der Waals surface area contributed by atoms with Crippen molar-refractivity contribution >= 4 is 29.4 Å². The number of hydrogen-bond acceptors (Lipinski definition) is 6. The number of carbonyl (C=O) groups is 2. The zero-order chi connectivity index (χ0) is 22.9. The summed E-state index contributed by atoms with van der Waals surface area (Å²) in [6.07, 6.45) is 1.46. The maximum atomic E-state index is 12.3. The topological polar surface area (TPSA) is 123 Å². The van der Waals surface area contributed by atoms with Crippen LogP contribution in [0, 0.1) is 10.1 Å². The van der Waals surface area contributed by atoms with Crippen LogP contribution in [0.15, 0.2) is 77.9 Å². The maximum Gasteiger partial charge on any atom is 0.271 e. The Hall–Kier alpha value is -4.53. The number of nitrogens with zero attached hydrogens (tertiary/aromatic N) is 2. The Morgan fingerprint density at radius 2 is 1.81 bits per heavy atom. The lowest BCUT2D eigenvalue weighted by molar-refractivity contribution is -0.384. The van der Waals surface area contributed by atoms with Crippen LogP contribution in [0.2, 0.25) is 0 Å². The predicted molar refractivity (Wildman–Crippen MR) is 120 cm³/mol. The molecule has 0 aliphatic heterocycles. The zero-order valence-electron chi connectivity index (χ0n) is 17.1. The highest BCUT2D eigenvalue weighted by molar-refractivity contribution is 5.97. The van der Waals surface area contributed by atoms with Gasteiger partial charge in [-0.25, -0.2) is 5.43 Å². The standard InChI is InChI=1S/C23H20N4O5/c1-16(28)25-20-7-4-6-18(13-20)23(29)26-24-14-19-5-2-3-8-22(19)32-15-17-9-11-21(12-10-17)27(30)31/h2-14H,15H2,1H3,(H,25,28)(H,26,29)/b24-14-. The van der Waals surface area contributed by atoms with E-state index in [-0.39, 0.29) is 18.2 Å². The van der Waals surface area contributed by atoms with Gasteiger partial charge in [0.05, 0.1) is 11.1 Å². The fourth-order valence-corrected chi connectivity index (χ4v) is 2.76. The van der Waals surface area contributed by atoms with Gasteiger partial charge in [-0.15, -0.1) is 0 Å². The fraction of sp³-hybridized carbons (Fsp3) is 0.0870. The molecule has 162 valence electrons. The number of benzene rings is 3. The Morgan fingerprint density at radius 3 is 2.53 bits per heavy atom. The molecule has 0 aliphatic rings. The molecule has 3 rings (SSSR count). The number of carbonyl (C=O) groups excluding carboxylic acids is 2. The van der Waals surface area contributed by atoms with Gasteiger partial charge in [0.25, 0.3) is 11.6 Å². The maximum absolute atomic E-state index is 12.3. The first kappa shape index (κ1) is 22.2. The van der Waals surface area contributed by atoms with E-state index in [2.05, 4.69) is 15.8 Å². The van der Waals surface area contributed by atoms with E-state index in [0.29, 0.717) is 22.6 Å². The van der Waals surface area contributed by atoms with Crippen LogP contribution in [0.25, 0.3) is 0 Å². The van der Waals surface area contributed by atoms with Crippen LogP contribution in [0.1, 0.15) is 28.4 Å². The van der Waals surface area contributed by atoms with Gasteiger partial charge in [0, 0.05) is 35.9 Å². The number of rotatable bonds is 8. The molecule has 0 unspecified atom stereocenters. The second-order valence-corrected chi connectivity index (χ2v) is 6.71. The largest absolute Gasteiger partial charge is 0.488 e. The minimum atomic E-state index is -0.458. The molecular formula is C23H20N4O5. The van der Waals surface area contributed by atoms with Gasteiger partial charge in [-0.1, -0.05) is 18.2 Å². The van der Waals surface area contributed by atoms with Crippen molar-refractivity contribution in [1.82, 2.24) is 5.43 Å². The summed E-state index contributed by atoms with van der Waals surface area (Å²) in [6.45, 7) is 1.60. The van der Waals surface area contributed by atoms with Crippen molar-refractivity contribution in [1.29, 1.82) is 0 Å². The van der Waals surface area contributed by atoms with Crippen LogP contribution >= 0.6 is 0 Å². The van der Waals surface area contributed by atoms with Gasteiger partial charge < -0.3 is 10.1 Å². The molecule has 3 aromatic rings. The normalized spacial score (nSPS) is 10.5. The number of nitro groups is 1. The van der Waals surface area contributed by atoms with E-state index < -0.39 is 10.8 Å². The molecule has 9 heteroatoms. The molecular weight excluding hydrogens is 412 g/mol. The molecule has 2 amide bonds. The first-order valence-electron chi connectivity index (χ1n) is 9.58. The third kappa shape index (κ3) is 6.23. The summed E-state index contributed by atoms with van der Waals surface area (Å²) in [5, 5.41) is 17.4. The summed E-state index contributed by atoms with van der Waals surface area (Å²) < 4.78 is 5.80. The molecule has 2 N–H and O–H groups in total. The van der Waals surface area contributed by atoms with Gasteiger partial charge in [-0.3, -0.25) is 19.7 Å². The first-order valence-corrected chi connectivity index (χ1v) is 9.58. The van der Waals surface area contributed by atoms with Gasteiger partial charge in [-0.05, 0) is 48.0 Å². The molecule has 0 bridgehead atoms. The average Bonchev–Trinajstić information content (AvgIpc) is 2.78. The van der Waals surface area contributed by atoms with Gasteiger partial charge >= 0.3 is 0 Å². The summed E-state index contributed by atoms with van der Waals surface area (Å²) in [7, 11) is 0. The van der Waals surface area contributed by atoms with Gasteiger partial charge in [0.2, 0.25) is 5.91 Å². The number of nitrogens with one attached hydrogen (secondary N) is 2. The van der Waals surface area contributed by atoms with Crippen LogP contribution in [-0.2, 0) is 11.4 Å². The molecule has 0 saturated carbocycles. The summed E-state index contributed by atoms with van der Waals surface area (Å²) in [5.41, 5.74) is 4.73. The number of para-hydroxylation sites is 1. The number of amides is 2. The van der Waals surface area contributed by atoms with Crippen molar-refractivity contribution in [3.63, 3.8) is 0 Å². The second kappa shape index (κ2) is 10.5. The first-order chi connectivity index (χ1) is 15.4. The molecule has 0 aromatic heterocycles. The summed E-state index contributed by atoms with van der Waals surface area (Å²) >= 11 is 0. The van der Waals surface area contributed by atoms with Crippen molar-refractivity contribution < 1.29 is 19.2 Å². The summed E-state index contributed by atoms with van der Waals surface area (Å²) in [5.74, 6) is -0.125. The smallest absolute Gasteiger partial charge is 0.271 e. The van der Waals surface area contributed by atoms with E-state index in [1.54, 1.807) is 60.7 Å². The minimum Gasteiger partial charge on any atom is -0.488 e. The highest BCUT2D eigenvalue weighted by Crippen LogP contribution is 2.19.